The van der Waals surface area contributed by atoms with Crippen LogP contribution in [-0.4, -0.2) is 42.0 Å². The van der Waals surface area contributed by atoms with Gasteiger partial charge in [-0.1, -0.05) is 32.0 Å². The number of fused-ring (bicyclic) bond motifs is 3. The molecule has 1 fully saturated rings. The van der Waals surface area contributed by atoms with Crippen LogP contribution in [0.2, 0.25) is 0 Å². The number of carbonyl (C=O) groups excluding carboxylic acids is 1. The minimum atomic E-state index is -0.141. The Morgan fingerprint density at radius 2 is 1.96 bits per heavy atom. The molecule has 0 bridgehead atoms. The maximum atomic E-state index is 12.6. The molecule has 2 N–H and O–H groups in total. The SMILES string of the molecule is C[C@H]1C[C@H](C)CN(CCCNC(=O)c2cc3c(=O)[nH]c4ccccc4c3s2)C1. The zero-order chi connectivity index (χ0) is 19.7. The third kappa shape index (κ3) is 3.98. The normalized spacial score (nSPS) is 20.6. The zero-order valence-electron chi connectivity index (χ0n) is 16.5. The molecule has 5 nitrogen and oxygen atoms in total. The standard InChI is InChI=1S/C22H27N3O2S/c1-14-10-15(2)13-25(12-14)9-5-8-23-22(27)19-11-17-20(28-19)16-6-3-4-7-18(16)24-21(17)26/h3-4,6-7,11,14-15H,5,8-10,12-13H2,1-2H3,(H,23,27)(H,24,26)/t14-,15-/m0/s1. The molecule has 28 heavy (non-hydrogen) atoms. The molecule has 1 aliphatic rings. The van der Waals surface area contributed by atoms with E-state index >= 15 is 0 Å². The maximum absolute atomic E-state index is 12.6. The first-order valence-corrected chi connectivity index (χ1v) is 10.9. The quantitative estimate of drug-likeness (QED) is 0.643. The van der Waals surface area contributed by atoms with Crippen LogP contribution in [0.3, 0.4) is 0 Å². The van der Waals surface area contributed by atoms with Crippen LogP contribution in [0, 0.1) is 11.8 Å². The van der Waals surface area contributed by atoms with Crippen LogP contribution in [0.25, 0.3) is 21.0 Å². The van der Waals surface area contributed by atoms with Gasteiger partial charge in [-0.2, -0.15) is 0 Å². The molecule has 2 aromatic heterocycles. The van der Waals surface area contributed by atoms with Crippen molar-refractivity contribution in [1.82, 2.24) is 15.2 Å². The largest absolute Gasteiger partial charge is 0.351 e. The highest BCUT2D eigenvalue weighted by molar-refractivity contribution is 7.21. The molecule has 0 spiro atoms. The number of hydrogen-bond acceptors (Lipinski definition) is 4. The second kappa shape index (κ2) is 8.05. The van der Waals surface area contributed by atoms with Crippen molar-refractivity contribution in [3.8, 4) is 0 Å². The number of thiophene rings is 1. The van der Waals surface area contributed by atoms with Gasteiger partial charge in [0.05, 0.1) is 10.3 Å². The van der Waals surface area contributed by atoms with Crippen molar-refractivity contribution in [1.29, 1.82) is 0 Å². The van der Waals surface area contributed by atoms with Crippen LogP contribution in [0.15, 0.2) is 35.1 Å². The third-order valence-electron chi connectivity index (χ3n) is 5.50. The summed E-state index contributed by atoms with van der Waals surface area (Å²) in [7, 11) is 0. The van der Waals surface area contributed by atoms with Gasteiger partial charge < -0.3 is 15.2 Å². The average Bonchev–Trinajstić information content (AvgIpc) is 3.11. The van der Waals surface area contributed by atoms with E-state index in [4.69, 9.17) is 0 Å². The van der Waals surface area contributed by atoms with Crippen molar-refractivity contribution in [2.24, 2.45) is 11.8 Å². The third-order valence-corrected chi connectivity index (χ3v) is 6.67. The van der Waals surface area contributed by atoms with E-state index in [1.165, 1.54) is 17.8 Å². The summed E-state index contributed by atoms with van der Waals surface area (Å²) >= 11 is 1.39. The fourth-order valence-electron chi connectivity index (χ4n) is 4.42. The van der Waals surface area contributed by atoms with E-state index in [0.717, 1.165) is 53.5 Å². The Kier molecular flexibility index (Phi) is 5.51. The van der Waals surface area contributed by atoms with Crippen molar-refractivity contribution in [3.63, 3.8) is 0 Å². The zero-order valence-corrected chi connectivity index (χ0v) is 17.3. The predicted octanol–water partition coefficient (Wildman–Crippen LogP) is 3.84. The number of piperidine rings is 1. The van der Waals surface area contributed by atoms with Gasteiger partial charge >= 0.3 is 0 Å². The first-order chi connectivity index (χ1) is 13.5. The molecule has 0 radical (unpaired) electrons. The summed E-state index contributed by atoms with van der Waals surface area (Å²) in [6.45, 7) is 8.62. The molecule has 6 heteroatoms. The van der Waals surface area contributed by atoms with E-state index < -0.39 is 0 Å². The van der Waals surface area contributed by atoms with Gasteiger partial charge in [0.15, 0.2) is 0 Å². The fraction of sp³-hybridized carbons (Fsp3) is 0.455. The van der Waals surface area contributed by atoms with Gasteiger partial charge in [0.1, 0.15) is 0 Å². The number of aromatic amines is 1. The highest BCUT2D eigenvalue weighted by Gasteiger charge is 2.21. The van der Waals surface area contributed by atoms with Crippen molar-refractivity contribution in [3.05, 3.63) is 45.6 Å². The number of para-hydroxylation sites is 1. The number of H-pyrrole nitrogens is 1. The molecule has 3 heterocycles. The van der Waals surface area contributed by atoms with Crippen LogP contribution >= 0.6 is 11.3 Å². The van der Waals surface area contributed by atoms with Gasteiger partial charge in [-0.05, 0) is 43.4 Å². The molecular weight excluding hydrogens is 370 g/mol. The Hall–Kier alpha value is -2.18. The summed E-state index contributed by atoms with van der Waals surface area (Å²) in [5.74, 6) is 1.42. The van der Waals surface area contributed by atoms with Crippen molar-refractivity contribution < 1.29 is 4.79 Å². The molecule has 0 aliphatic carbocycles. The molecule has 1 amide bonds. The van der Waals surface area contributed by atoms with Gasteiger partial charge in [0.2, 0.25) is 0 Å². The van der Waals surface area contributed by atoms with Gasteiger partial charge in [-0.25, -0.2) is 0 Å². The Morgan fingerprint density at radius 1 is 1.21 bits per heavy atom. The molecular formula is C22H27N3O2S. The van der Waals surface area contributed by atoms with Crippen LogP contribution in [0.5, 0.6) is 0 Å². The molecule has 148 valence electrons. The Bertz CT molecular complexity index is 1040. The summed E-state index contributed by atoms with van der Waals surface area (Å²) in [4.78, 5) is 30.9. The summed E-state index contributed by atoms with van der Waals surface area (Å²) < 4.78 is 0.876. The van der Waals surface area contributed by atoms with Gasteiger partial charge in [0.25, 0.3) is 11.5 Å². The lowest BCUT2D eigenvalue weighted by Crippen LogP contribution is -2.40. The predicted molar refractivity (Wildman–Crippen MR) is 116 cm³/mol. The summed E-state index contributed by atoms with van der Waals surface area (Å²) in [6, 6.07) is 9.43. The van der Waals surface area contributed by atoms with Crippen LogP contribution < -0.4 is 10.9 Å². The number of benzene rings is 1. The second-order valence-corrected chi connectivity index (χ2v) is 9.22. The molecule has 3 aromatic rings. The number of nitrogens with zero attached hydrogens (tertiary/aromatic N) is 1. The fourth-order valence-corrected chi connectivity index (χ4v) is 5.53. The van der Waals surface area contributed by atoms with Crippen LogP contribution in [-0.2, 0) is 0 Å². The Morgan fingerprint density at radius 3 is 2.75 bits per heavy atom. The molecule has 0 saturated carbocycles. The number of nitrogens with one attached hydrogen (secondary N) is 2. The van der Waals surface area contributed by atoms with Crippen molar-refractivity contribution in [2.75, 3.05) is 26.2 Å². The summed E-state index contributed by atoms with van der Waals surface area (Å²) in [5.41, 5.74) is 0.663. The van der Waals surface area contributed by atoms with E-state index in [1.807, 2.05) is 24.3 Å². The smallest absolute Gasteiger partial charge is 0.261 e. The number of amides is 1. The second-order valence-electron chi connectivity index (χ2n) is 8.17. The van der Waals surface area contributed by atoms with E-state index in [0.29, 0.717) is 16.8 Å². The average molecular weight is 398 g/mol. The lowest BCUT2D eigenvalue weighted by Gasteiger charge is -2.34. The minimum absolute atomic E-state index is 0.0925. The lowest BCUT2D eigenvalue weighted by molar-refractivity contribution is 0.0951. The van der Waals surface area contributed by atoms with Gasteiger partial charge in [0, 0.05) is 35.2 Å². The summed E-state index contributed by atoms with van der Waals surface area (Å²) in [5, 5.41) is 4.59. The van der Waals surface area contributed by atoms with E-state index in [-0.39, 0.29) is 11.5 Å². The highest BCUT2D eigenvalue weighted by atomic mass is 32.1. The topological polar surface area (TPSA) is 65.2 Å². The highest BCUT2D eigenvalue weighted by Crippen LogP contribution is 2.29. The number of rotatable bonds is 5. The number of carbonyl (C=O) groups is 1. The maximum Gasteiger partial charge on any atom is 0.261 e. The number of aromatic nitrogens is 1. The first kappa shape index (κ1) is 19.2. The molecule has 1 aliphatic heterocycles. The molecule has 4 rings (SSSR count). The van der Waals surface area contributed by atoms with Crippen LogP contribution in [0.4, 0.5) is 0 Å². The number of pyridine rings is 1. The van der Waals surface area contributed by atoms with Gasteiger partial charge in [-0.15, -0.1) is 11.3 Å². The van der Waals surface area contributed by atoms with Crippen LogP contribution in [0.1, 0.15) is 36.4 Å². The van der Waals surface area contributed by atoms with Gasteiger partial charge in [-0.3, -0.25) is 9.59 Å². The Labute approximate surface area is 168 Å². The first-order valence-electron chi connectivity index (χ1n) is 10.1. The van der Waals surface area contributed by atoms with Crippen molar-refractivity contribution in [2.45, 2.75) is 26.7 Å². The molecule has 2 atom stereocenters. The van der Waals surface area contributed by atoms with Crippen molar-refractivity contribution >= 4 is 38.2 Å². The van der Waals surface area contributed by atoms with E-state index in [9.17, 15) is 9.59 Å². The monoisotopic (exact) mass is 397 g/mol. The Balaban J connectivity index is 1.40. The number of hydrogen-bond donors (Lipinski definition) is 2. The molecule has 1 aromatic carbocycles. The van der Waals surface area contributed by atoms with E-state index in [1.54, 1.807) is 6.07 Å². The summed E-state index contributed by atoms with van der Waals surface area (Å²) in [6.07, 6.45) is 2.26. The molecule has 0 unspecified atom stereocenters. The molecule has 1 saturated heterocycles. The van der Waals surface area contributed by atoms with E-state index in [2.05, 4.69) is 29.0 Å². The minimum Gasteiger partial charge on any atom is -0.351 e. The lowest BCUT2D eigenvalue weighted by atomic mass is 9.92. The number of likely N-dealkylation sites (tertiary alicyclic amines) is 1.